The smallest absolute Gasteiger partial charge is 0.235 e. The molecule has 0 saturated heterocycles. The molecule has 0 bridgehead atoms. The van der Waals surface area contributed by atoms with Crippen molar-refractivity contribution in [1.29, 1.82) is 0 Å². The number of hydrogen-bond acceptors (Lipinski definition) is 6. The lowest BCUT2D eigenvalue weighted by Crippen LogP contribution is -2.09. The van der Waals surface area contributed by atoms with Gasteiger partial charge >= 0.3 is 0 Å². The average molecular weight is 369 g/mol. The van der Waals surface area contributed by atoms with Gasteiger partial charge in [0.25, 0.3) is 5.78 Å². The predicted octanol–water partition coefficient (Wildman–Crippen LogP) is 4.02. The Kier molecular flexibility index (Phi) is 4.70. The van der Waals surface area contributed by atoms with E-state index in [4.69, 9.17) is 23.2 Å². The van der Waals surface area contributed by atoms with E-state index in [1.54, 1.807) is 16.3 Å². The van der Waals surface area contributed by atoms with Gasteiger partial charge in [-0.1, -0.05) is 44.0 Å². The Morgan fingerprint density at radius 2 is 1.78 bits per heavy atom. The monoisotopic (exact) mass is 368 g/mol. The summed E-state index contributed by atoms with van der Waals surface area (Å²) in [6.07, 6.45) is 4.52. The molecular formula is C14H14Cl2N6S. The van der Waals surface area contributed by atoms with Crippen LogP contribution in [0.25, 0.3) is 17.2 Å². The van der Waals surface area contributed by atoms with Crippen molar-refractivity contribution in [3.8, 4) is 11.4 Å². The maximum atomic E-state index is 6.38. The molecule has 1 unspecified atom stereocenters. The normalized spacial score (nSPS) is 13.0. The quantitative estimate of drug-likeness (QED) is 0.511. The number of rotatable bonds is 4. The second-order valence-electron chi connectivity index (χ2n) is 5.35. The molecule has 0 aliphatic heterocycles. The van der Waals surface area contributed by atoms with Gasteiger partial charge in [-0.25, -0.2) is 9.97 Å². The molecule has 0 aromatic carbocycles. The summed E-state index contributed by atoms with van der Waals surface area (Å²) in [5.41, 5.74) is 0.638. The van der Waals surface area contributed by atoms with Crippen molar-refractivity contribution in [2.24, 2.45) is 5.92 Å². The fourth-order valence-corrected chi connectivity index (χ4v) is 3.41. The van der Waals surface area contributed by atoms with E-state index in [0.29, 0.717) is 38.5 Å². The number of nitrogens with zero attached hydrogens (tertiary/aromatic N) is 6. The van der Waals surface area contributed by atoms with Gasteiger partial charge in [0, 0.05) is 17.6 Å². The second kappa shape index (κ2) is 6.59. The van der Waals surface area contributed by atoms with Gasteiger partial charge in [0.2, 0.25) is 0 Å². The molecule has 0 radical (unpaired) electrons. The van der Waals surface area contributed by atoms with Crippen molar-refractivity contribution in [2.75, 3.05) is 0 Å². The van der Waals surface area contributed by atoms with Crippen molar-refractivity contribution in [3.05, 3.63) is 28.9 Å². The number of halogens is 2. The molecular weight excluding hydrogens is 355 g/mol. The first kappa shape index (κ1) is 16.4. The van der Waals surface area contributed by atoms with E-state index in [1.807, 2.05) is 0 Å². The van der Waals surface area contributed by atoms with Crippen LogP contribution in [0.5, 0.6) is 0 Å². The first-order valence-corrected chi connectivity index (χ1v) is 8.64. The van der Waals surface area contributed by atoms with Crippen molar-refractivity contribution in [3.63, 3.8) is 0 Å². The summed E-state index contributed by atoms with van der Waals surface area (Å²) in [5, 5.41) is 6.18. The molecule has 3 heterocycles. The minimum atomic E-state index is 0.297. The molecule has 0 aliphatic rings. The summed E-state index contributed by atoms with van der Waals surface area (Å²) in [4.78, 5) is 16.9. The lowest BCUT2D eigenvalue weighted by molar-refractivity contribution is 0.640. The Morgan fingerprint density at radius 3 is 2.43 bits per heavy atom. The molecule has 6 nitrogen and oxygen atoms in total. The molecule has 3 aromatic heterocycles. The molecule has 1 atom stereocenters. The molecule has 23 heavy (non-hydrogen) atoms. The largest absolute Gasteiger partial charge is 0.254 e. The molecule has 0 fully saturated rings. The number of hydrogen-bond donors (Lipinski definition) is 0. The fourth-order valence-electron chi connectivity index (χ4n) is 1.84. The third-order valence-electron chi connectivity index (χ3n) is 3.42. The van der Waals surface area contributed by atoms with Gasteiger partial charge in [-0.2, -0.15) is 19.6 Å². The van der Waals surface area contributed by atoms with E-state index >= 15 is 0 Å². The van der Waals surface area contributed by atoms with Crippen molar-refractivity contribution >= 4 is 40.7 Å². The van der Waals surface area contributed by atoms with E-state index in [-0.39, 0.29) is 0 Å². The highest BCUT2D eigenvalue weighted by atomic mass is 35.5. The second-order valence-corrected chi connectivity index (χ2v) is 7.51. The molecule has 0 N–H and O–H groups in total. The van der Waals surface area contributed by atoms with Crippen LogP contribution in [0.4, 0.5) is 0 Å². The average Bonchev–Trinajstić information content (AvgIpc) is 2.96. The Labute approximate surface area is 147 Å². The standard InChI is InChI=1S/C14H14Cl2N6S/c1-7(2)8(3)23-13-10(12-17-4-9(15)5-18-12)11(16)21-14-19-6-20-22(13)14/h4-8H,1-3H3. The Hall–Kier alpha value is -1.44. The summed E-state index contributed by atoms with van der Waals surface area (Å²) in [7, 11) is 0. The van der Waals surface area contributed by atoms with E-state index in [9.17, 15) is 0 Å². The highest BCUT2D eigenvalue weighted by Crippen LogP contribution is 2.37. The summed E-state index contributed by atoms with van der Waals surface area (Å²) in [6, 6.07) is 0. The van der Waals surface area contributed by atoms with Crippen LogP contribution in [0.2, 0.25) is 10.2 Å². The maximum absolute atomic E-state index is 6.38. The fraction of sp³-hybridized carbons (Fsp3) is 0.357. The lowest BCUT2D eigenvalue weighted by Gasteiger charge is -2.17. The topological polar surface area (TPSA) is 68.9 Å². The maximum Gasteiger partial charge on any atom is 0.254 e. The molecule has 0 spiro atoms. The Balaban J connectivity index is 2.22. The number of thioether (sulfide) groups is 1. The lowest BCUT2D eigenvalue weighted by atomic mass is 10.2. The summed E-state index contributed by atoms with van der Waals surface area (Å²) in [6.45, 7) is 6.48. The molecule has 3 rings (SSSR count). The van der Waals surface area contributed by atoms with E-state index in [0.717, 1.165) is 5.03 Å². The summed E-state index contributed by atoms with van der Waals surface area (Å²) >= 11 is 13.9. The molecule has 0 aliphatic carbocycles. The van der Waals surface area contributed by atoms with Crippen LogP contribution in [0.3, 0.4) is 0 Å². The molecule has 0 saturated carbocycles. The van der Waals surface area contributed by atoms with Crippen LogP contribution < -0.4 is 0 Å². The van der Waals surface area contributed by atoms with Crippen LogP contribution in [-0.4, -0.2) is 34.8 Å². The van der Waals surface area contributed by atoms with E-state index in [2.05, 4.69) is 45.8 Å². The van der Waals surface area contributed by atoms with Crippen LogP contribution in [-0.2, 0) is 0 Å². The van der Waals surface area contributed by atoms with Crippen LogP contribution in [0.15, 0.2) is 23.7 Å². The van der Waals surface area contributed by atoms with E-state index in [1.165, 1.54) is 18.7 Å². The van der Waals surface area contributed by atoms with Gasteiger partial charge in [-0.05, 0) is 5.92 Å². The summed E-state index contributed by atoms with van der Waals surface area (Å²) < 4.78 is 1.67. The first-order valence-electron chi connectivity index (χ1n) is 7.01. The highest BCUT2D eigenvalue weighted by molar-refractivity contribution is 8.00. The minimum Gasteiger partial charge on any atom is -0.235 e. The zero-order chi connectivity index (χ0) is 16.6. The molecule has 120 valence electrons. The third-order valence-corrected chi connectivity index (χ3v) is 5.41. The first-order chi connectivity index (χ1) is 11.0. The van der Waals surface area contributed by atoms with Crippen LogP contribution in [0.1, 0.15) is 20.8 Å². The zero-order valence-electron chi connectivity index (χ0n) is 12.7. The zero-order valence-corrected chi connectivity index (χ0v) is 15.1. The highest BCUT2D eigenvalue weighted by Gasteiger charge is 2.22. The van der Waals surface area contributed by atoms with Gasteiger partial charge in [-0.15, -0.1) is 11.8 Å². The van der Waals surface area contributed by atoms with Crippen LogP contribution >= 0.6 is 35.0 Å². The number of aromatic nitrogens is 6. The SMILES string of the molecule is CC(C)C(C)Sc1c(-c2ncc(Cl)cn2)c(Cl)nc2ncnn12. The van der Waals surface area contributed by atoms with Gasteiger partial charge < -0.3 is 0 Å². The van der Waals surface area contributed by atoms with Gasteiger partial charge in [0.05, 0.1) is 10.6 Å². The van der Waals surface area contributed by atoms with Crippen molar-refractivity contribution in [1.82, 2.24) is 29.5 Å². The van der Waals surface area contributed by atoms with Crippen molar-refractivity contribution < 1.29 is 0 Å². The van der Waals surface area contributed by atoms with Gasteiger partial charge in [0.1, 0.15) is 16.5 Å². The molecule has 3 aromatic rings. The van der Waals surface area contributed by atoms with Gasteiger partial charge in [0.15, 0.2) is 5.82 Å². The van der Waals surface area contributed by atoms with Gasteiger partial charge in [-0.3, -0.25) is 0 Å². The minimum absolute atomic E-state index is 0.297. The van der Waals surface area contributed by atoms with Crippen LogP contribution in [0, 0.1) is 5.92 Å². The predicted molar refractivity (Wildman–Crippen MR) is 92.0 cm³/mol. The Bertz CT molecular complexity index is 833. The van der Waals surface area contributed by atoms with Crippen molar-refractivity contribution in [2.45, 2.75) is 31.0 Å². The third kappa shape index (κ3) is 3.27. The Morgan fingerprint density at radius 1 is 1.09 bits per heavy atom. The molecule has 9 heteroatoms. The summed E-state index contributed by atoms with van der Waals surface area (Å²) in [5.74, 6) is 1.39. The van der Waals surface area contributed by atoms with E-state index < -0.39 is 0 Å². The number of fused-ring (bicyclic) bond motifs is 1. The molecule has 0 amide bonds.